The van der Waals surface area contributed by atoms with E-state index < -0.39 is 0 Å². The minimum atomic E-state index is 0.215. The van der Waals surface area contributed by atoms with Crippen molar-refractivity contribution in [1.82, 2.24) is 0 Å². The van der Waals surface area contributed by atoms with Gasteiger partial charge in [-0.1, -0.05) is 59.3 Å². The highest BCUT2D eigenvalue weighted by molar-refractivity contribution is 4.95. The molecule has 0 aromatic heterocycles. The molecule has 4 nitrogen and oxygen atoms in total. The van der Waals surface area contributed by atoms with Gasteiger partial charge in [-0.05, 0) is 26.2 Å². The fourth-order valence-electron chi connectivity index (χ4n) is 2.26. The van der Waals surface area contributed by atoms with Crippen LogP contribution in [0.15, 0.2) is 11.7 Å². The summed E-state index contributed by atoms with van der Waals surface area (Å²) in [6.07, 6.45) is 11.3. The maximum atomic E-state index is 5.97. The Morgan fingerprint density at radius 1 is 0.625 bits per heavy atom. The van der Waals surface area contributed by atoms with Crippen molar-refractivity contribution < 1.29 is 18.9 Å². The molecule has 0 spiro atoms. The fourth-order valence-corrected chi connectivity index (χ4v) is 2.26. The molecule has 144 valence electrons. The van der Waals surface area contributed by atoms with Gasteiger partial charge in [0, 0.05) is 13.0 Å². The van der Waals surface area contributed by atoms with E-state index in [2.05, 4.69) is 20.8 Å². The lowest BCUT2D eigenvalue weighted by molar-refractivity contribution is -0.0810. The largest absolute Gasteiger partial charge is 0.491 e. The van der Waals surface area contributed by atoms with Gasteiger partial charge < -0.3 is 18.9 Å². The molecule has 0 amide bonds. The normalized spacial score (nSPS) is 12.0. The van der Waals surface area contributed by atoms with Crippen molar-refractivity contribution in [3.05, 3.63) is 11.7 Å². The Balaban J connectivity index is 4.50. The first-order valence-electron chi connectivity index (χ1n) is 9.99. The number of rotatable bonds is 18. The van der Waals surface area contributed by atoms with Crippen LogP contribution in [0.3, 0.4) is 0 Å². The summed E-state index contributed by atoms with van der Waals surface area (Å²) >= 11 is 0. The van der Waals surface area contributed by atoms with Crippen LogP contribution in [0.4, 0.5) is 0 Å². The van der Waals surface area contributed by atoms with E-state index >= 15 is 0 Å². The first-order valence-corrected chi connectivity index (χ1v) is 9.99. The predicted octanol–water partition coefficient (Wildman–Crippen LogP) is 6.16. The third-order valence-electron chi connectivity index (χ3n) is 3.69. The number of unbranched alkanes of at least 4 members (excludes halogenated alkanes) is 6. The van der Waals surface area contributed by atoms with Gasteiger partial charge in [-0.3, -0.25) is 0 Å². The molecule has 0 aromatic rings. The van der Waals surface area contributed by atoms with E-state index in [1.54, 1.807) is 0 Å². The first-order chi connectivity index (χ1) is 11.8. The van der Waals surface area contributed by atoms with Crippen molar-refractivity contribution in [2.75, 3.05) is 26.6 Å². The van der Waals surface area contributed by atoms with Crippen molar-refractivity contribution in [2.24, 2.45) is 0 Å². The van der Waals surface area contributed by atoms with E-state index in [1.807, 2.05) is 6.92 Å². The maximum absolute atomic E-state index is 5.97. The van der Waals surface area contributed by atoms with Crippen molar-refractivity contribution in [3.63, 3.8) is 0 Å². The second kappa shape index (κ2) is 18.4. The molecule has 0 unspecified atom stereocenters. The third-order valence-corrected chi connectivity index (χ3v) is 3.69. The second-order valence-electron chi connectivity index (χ2n) is 6.03. The molecule has 0 N–H and O–H groups in total. The molecule has 0 aromatic carbocycles. The molecule has 0 saturated carbocycles. The van der Waals surface area contributed by atoms with Crippen LogP contribution in [0.5, 0.6) is 0 Å². The standard InChI is InChI=1S/C20H40O4/c1-5-9-11-13-16-22-19(15-7-3)20(24-18-21-8-4)23-17-14-12-10-6-2/h5-18H2,1-4H3. The lowest BCUT2D eigenvalue weighted by Gasteiger charge is -2.17. The lowest BCUT2D eigenvalue weighted by atomic mass is 10.2. The minimum absolute atomic E-state index is 0.215. The van der Waals surface area contributed by atoms with Gasteiger partial charge in [-0.2, -0.15) is 0 Å². The molecule has 0 radical (unpaired) electrons. The first kappa shape index (κ1) is 23.1. The molecule has 0 fully saturated rings. The topological polar surface area (TPSA) is 36.9 Å². The quantitative estimate of drug-likeness (QED) is 0.169. The molecule has 0 aliphatic rings. The summed E-state index contributed by atoms with van der Waals surface area (Å²) < 4.78 is 22.8. The zero-order valence-electron chi connectivity index (χ0n) is 16.5. The van der Waals surface area contributed by atoms with E-state index in [-0.39, 0.29) is 6.79 Å². The van der Waals surface area contributed by atoms with E-state index in [0.29, 0.717) is 19.2 Å². The van der Waals surface area contributed by atoms with Crippen LogP contribution in [-0.4, -0.2) is 26.6 Å². The van der Waals surface area contributed by atoms with Gasteiger partial charge in [0.15, 0.2) is 12.6 Å². The molecule has 0 aliphatic carbocycles. The molecule has 0 saturated heterocycles. The van der Waals surface area contributed by atoms with Crippen LogP contribution in [0.1, 0.15) is 91.9 Å². The summed E-state index contributed by atoms with van der Waals surface area (Å²) in [4.78, 5) is 0. The van der Waals surface area contributed by atoms with Crippen molar-refractivity contribution in [3.8, 4) is 0 Å². The lowest BCUT2D eigenvalue weighted by Crippen LogP contribution is -2.10. The highest BCUT2D eigenvalue weighted by atomic mass is 16.7. The van der Waals surface area contributed by atoms with Crippen LogP contribution in [0, 0.1) is 0 Å². The van der Waals surface area contributed by atoms with Crippen molar-refractivity contribution in [1.29, 1.82) is 0 Å². The van der Waals surface area contributed by atoms with E-state index in [9.17, 15) is 0 Å². The summed E-state index contributed by atoms with van der Waals surface area (Å²) in [7, 11) is 0. The van der Waals surface area contributed by atoms with E-state index in [4.69, 9.17) is 18.9 Å². The van der Waals surface area contributed by atoms with Gasteiger partial charge in [0.1, 0.15) is 0 Å². The summed E-state index contributed by atoms with van der Waals surface area (Å²) in [6.45, 7) is 10.8. The van der Waals surface area contributed by atoms with E-state index in [0.717, 1.165) is 38.0 Å². The Morgan fingerprint density at radius 2 is 1.25 bits per heavy atom. The summed E-state index contributed by atoms with van der Waals surface area (Å²) in [6, 6.07) is 0. The molecule has 4 heteroatoms. The molecule has 24 heavy (non-hydrogen) atoms. The Morgan fingerprint density at radius 3 is 1.79 bits per heavy atom. The highest BCUT2D eigenvalue weighted by Crippen LogP contribution is 2.17. The predicted molar refractivity (Wildman–Crippen MR) is 99.7 cm³/mol. The van der Waals surface area contributed by atoms with Crippen LogP contribution in [0.25, 0.3) is 0 Å². The van der Waals surface area contributed by atoms with Gasteiger partial charge in [-0.15, -0.1) is 0 Å². The van der Waals surface area contributed by atoms with Crippen molar-refractivity contribution in [2.45, 2.75) is 91.9 Å². The van der Waals surface area contributed by atoms with Crippen LogP contribution >= 0.6 is 0 Å². The highest BCUT2D eigenvalue weighted by Gasteiger charge is 2.12. The minimum Gasteiger partial charge on any atom is -0.491 e. The average molecular weight is 345 g/mol. The van der Waals surface area contributed by atoms with Crippen LogP contribution in [-0.2, 0) is 18.9 Å². The Hall–Kier alpha value is -0.900. The SMILES string of the molecule is CCCCCCOC(CCC)=C(OCCCCCC)OCOCC. The molecular weight excluding hydrogens is 304 g/mol. The van der Waals surface area contributed by atoms with Gasteiger partial charge in [0.2, 0.25) is 0 Å². The second-order valence-corrected chi connectivity index (χ2v) is 6.03. The molecule has 0 heterocycles. The molecule has 0 atom stereocenters. The van der Waals surface area contributed by atoms with E-state index in [1.165, 1.54) is 38.5 Å². The van der Waals surface area contributed by atoms with Gasteiger partial charge in [0.05, 0.1) is 13.2 Å². The van der Waals surface area contributed by atoms with Gasteiger partial charge in [0.25, 0.3) is 0 Å². The summed E-state index contributed by atoms with van der Waals surface area (Å²) in [5, 5.41) is 0. The number of allylic oxidation sites excluding steroid dienone is 1. The Kier molecular flexibility index (Phi) is 17.7. The van der Waals surface area contributed by atoms with Crippen molar-refractivity contribution >= 4 is 0 Å². The number of ether oxygens (including phenoxy) is 4. The Labute approximate surface area is 149 Å². The zero-order chi connectivity index (χ0) is 17.9. The molecule has 0 aliphatic heterocycles. The smallest absolute Gasteiger partial charge is 0.321 e. The third kappa shape index (κ3) is 13.5. The zero-order valence-corrected chi connectivity index (χ0v) is 16.5. The Bertz CT molecular complexity index is 289. The number of hydrogen-bond acceptors (Lipinski definition) is 4. The van der Waals surface area contributed by atoms with Gasteiger partial charge >= 0.3 is 5.95 Å². The summed E-state index contributed by atoms with van der Waals surface area (Å²) in [5.41, 5.74) is 0. The molecular formula is C20H40O4. The fraction of sp³-hybridized carbons (Fsp3) is 0.900. The van der Waals surface area contributed by atoms with Crippen LogP contribution in [0.2, 0.25) is 0 Å². The van der Waals surface area contributed by atoms with Crippen LogP contribution < -0.4 is 0 Å². The number of hydrogen-bond donors (Lipinski definition) is 0. The molecule has 0 bridgehead atoms. The van der Waals surface area contributed by atoms with Gasteiger partial charge in [-0.25, -0.2) is 0 Å². The maximum Gasteiger partial charge on any atom is 0.321 e. The summed E-state index contributed by atoms with van der Waals surface area (Å²) in [5.74, 6) is 1.36. The monoisotopic (exact) mass is 344 g/mol. The molecule has 0 rings (SSSR count). The average Bonchev–Trinajstić information content (AvgIpc) is 2.59.